The summed E-state index contributed by atoms with van der Waals surface area (Å²) in [5, 5.41) is 9.16. The van der Waals surface area contributed by atoms with Crippen LogP contribution in [0.5, 0.6) is 0 Å². The van der Waals surface area contributed by atoms with E-state index >= 15 is 4.39 Å². The van der Waals surface area contributed by atoms with Gasteiger partial charge in [0.25, 0.3) is 0 Å². The lowest BCUT2D eigenvalue weighted by atomic mass is 9.59. The summed E-state index contributed by atoms with van der Waals surface area (Å²) in [6.45, 7) is 7.19. The third-order valence-corrected chi connectivity index (χ3v) is 5.39. The van der Waals surface area contributed by atoms with E-state index in [1.807, 2.05) is 25.7 Å². The highest BCUT2D eigenvalue weighted by atomic mass is 19.1. The normalized spacial score (nSPS) is 25.0. The Bertz CT molecular complexity index is 678. The number of terminal acetylenes is 1. The maximum absolute atomic E-state index is 15.0. The smallest absolute Gasteiger partial charge is 0.128 e. The molecule has 2 unspecified atom stereocenters. The molecule has 1 heterocycles. The molecule has 1 fully saturated rings. The molecule has 0 spiro atoms. The van der Waals surface area contributed by atoms with Gasteiger partial charge < -0.3 is 0 Å². The molecule has 1 aromatic carbocycles. The van der Waals surface area contributed by atoms with Gasteiger partial charge in [-0.3, -0.25) is 4.90 Å². The van der Waals surface area contributed by atoms with Crippen molar-refractivity contribution >= 4 is 0 Å². The molecule has 1 aromatic rings. The topological polar surface area (TPSA) is 27.0 Å². The quantitative estimate of drug-likeness (QED) is 0.773. The van der Waals surface area contributed by atoms with Crippen LogP contribution < -0.4 is 0 Å². The van der Waals surface area contributed by atoms with Gasteiger partial charge >= 0.3 is 0 Å². The second-order valence-corrected chi connectivity index (χ2v) is 7.64. The molecule has 2 nitrogen and oxygen atoms in total. The van der Waals surface area contributed by atoms with E-state index in [0.29, 0.717) is 30.6 Å². The number of nitrogens with zero attached hydrogens (tertiary/aromatic N) is 2. The number of halogens is 2. The Morgan fingerprint density at radius 3 is 2.62 bits per heavy atom. The van der Waals surface area contributed by atoms with E-state index < -0.39 is 11.6 Å². The standard InChI is InChI=1S/C20H24F2N2/c1-5-15-6-7-16(17(21)12-15)13-24-11-9-20(8-10-23,18(22)14-24)19(2,3)4/h1,6-7,12,18H,8-9,11,13-14H2,2-4H3. The van der Waals surface area contributed by atoms with E-state index in [1.165, 1.54) is 6.07 Å². The molecule has 1 aliphatic rings. The largest absolute Gasteiger partial charge is 0.296 e. The number of alkyl halides is 1. The molecular formula is C20H24F2N2. The summed E-state index contributed by atoms with van der Waals surface area (Å²) in [6.07, 6.45) is 4.95. The van der Waals surface area contributed by atoms with Crippen LogP contribution in [-0.4, -0.2) is 24.2 Å². The van der Waals surface area contributed by atoms with Crippen molar-refractivity contribution in [3.8, 4) is 18.4 Å². The molecule has 1 saturated heterocycles. The van der Waals surface area contributed by atoms with Crippen LogP contribution in [0.2, 0.25) is 0 Å². The van der Waals surface area contributed by atoms with Gasteiger partial charge in [0.2, 0.25) is 0 Å². The molecule has 1 aliphatic heterocycles. The first-order valence-electron chi connectivity index (χ1n) is 8.22. The molecule has 0 radical (unpaired) electrons. The highest BCUT2D eigenvalue weighted by Crippen LogP contribution is 2.50. The fraction of sp³-hybridized carbons (Fsp3) is 0.550. The summed E-state index contributed by atoms with van der Waals surface area (Å²) in [6, 6.07) is 6.86. The lowest BCUT2D eigenvalue weighted by Gasteiger charge is -2.51. The fourth-order valence-electron chi connectivity index (χ4n) is 3.61. The first kappa shape index (κ1) is 18.4. The molecule has 2 rings (SSSR count). The van der Waals surface area contributed by atoms with Crippen molar-refractivity contribution in [3.63, 3.8) is 0 Å². The van der Waals surface area contributed by atoms with Crippen molar-refractivity contribution in [1.29, 1.82) is 5.26 Å². The van der Waals surface area contributed by atoms with Crippen LogP contribution in [0.25, 0.3) is 0 Å². The molecule has 0 N–H and O–H groups in total. The van der Waals surface area contributed by atoms with Crippen molar-refractivity contribution in [2.45, 2.75) is 46.3 Å². The van der Waals surface area contributed by atoms with Gasteiger partial charge in [-0.1, -0.05) is 32.8 Å². The van der Waals surface area contributed by atoms with Gasteiger partial charge in [-0.15, -0.1) is 6.42 Å². The minimum Gasteiger partial charge on any atom is -0.296 e. The van der Waals surface area contributed by atoms with Crippen LogP contribution in [0.3, 0.4) is 0 Å². The Hall–Kier alpha value is -1.91. The number of piperidine rings is 1. The van der Waals surface area contributed by atoms with E-state index in [-0.39, 0.29) is 24.2 Å². The Labute approximate surface area is 143 Å². The second-order valence-electron chi connectivity index (χ2n) is 7.64. The number of nitriles is 1. The van der Waals surface area contributed by atoms with Crippen molar-refractivity contribution in [2.75, 3.05) is 13.1 Å². The lowest BCUT2D eigenvalue weighted by Crippen LogP contribution is -2.54. The molecule has 0 aromatic heterocycles. The van der Waals surface area contributed by atoms with E-state index in [0.717, 1.165) is 0 Å². The predicted molar refractivity (Wildman–Crippen MR) is 91.2 cm³/mol. The third-order valence-electron chi connectivity index (χ3n) is 5.39. The van der Waals surface area contributed by atoms with Crippen LogP contribution in [-0.2, 0) is 6.54 Å². The van der Waals surface area contributed by atoms with Gasteiger partial charge in [-0.25, -0.2) is 8.78 Å². The zero-order valence-electron chi connectivity index (χ0n) is 14.6. The van der Waals surface area contributed by atoms with Gasteiger partial charge in [0.05, 0.1) is 6.07 Å². The first-order valence-corrected chi connectivity index (χ1v) is 8.22. The predicted octanol–water partition coefficient (Wildman–Crippen LogP) is 4.30. The fourth-order valence-corrected chi connectivity index (χ4v) is 3.61. The average Bonchev–Trinajstić information content (AvgIpc) is 2.51. The Kier molecular flexibility index (Phi) is 5.31. The molecule has 128 valence electrons. The molecule has 0 amide bonds. The lowest BCUT2D eigenvalue weighted by molar-refractivity contribution is -0.0662. The summed E-state index contributed by atoms with van der Waals surface area (Å²) in [5.41, 5.74) is 0.0710. The van der Waals surface area contributed by atoms with E-state index in [4.69, 9.17) is 11.7 Å². The SMILES string of the molecule is C#Cc1ccc(CN2CCC(CC#N)(C(C)(C)C)C(F)C2)c(F)c1. The number of likely N-dealkylation sites (tertiary alicyclic amines) is 1. The zero-order chi connectivity index (χ0) is 18.0. The highest BCUT2D eigenvalue weighted by Gasteiger charge is 2.51. The maximum Gasteiger partial charge on any atom is 0.128 e. The van der Waals surface area contributed by atoms with Crippen LogP contribution in [0.15, 0.2) is 18.2 Å². The van der Waals surface area contributed by atoms with Crippen molar-refractivity contribution in [1.82, 2.24) is 4.90 Å². The molecule has 24 heavy (non-hydrogen) atoms. The summed E-state index contributed by atoms with van der Waals surface area (Å²) in [7, 11) is 0. The number of rotatable bonds is 3. The minimum atomic E-state index is -1.11. The number of hydrogen-bond acceptors (Lipinski definition) is 2. The van der Waals surface area contributed by atoms with Crippen LogP contribution in [0, 0.1) is 40.3 Å². The minimum absolute atomic E-state index is 0.205. The van der Waals surface area contributed by atoms with Gasteiger partial charge in [-0.2, -0.15) is 5.26 Å². The first-order chi connectivity index (χ1) is 11.2. The highest BCUT2D eigenvalue weighted by molar-refractivity contribution is 5.35. The monoisotopic (exact) mass is 330 g/mol. The Morgan fingerprint density at radius 1 is 1.42 bits per heavy atom. The van der Waals surface area contributed by atoms with Gasteiger partial charge in [-0.05, 0) is 30.5 Å². The van der Waals surface area contributed by atoms with Gasteiger partial charge in [0.15, 0.2) is 0 Å². The summed E-state index contributed by atoms with van der Waals surface area (Å²) >= 11 is 0. The van der Waals surface area contributed by atoms with Crippen LogP contribution >= 0.6 is 0 Å². The van der Waals surface area contributed by atoms with E-state index in [2.05, 4.69) is 12.0 Å². The van der Waals surface area contributed by atoms with Crippen molar-refractivity contribution in [3.05, 3.63) is 35.1 Å². The second kappa shape index (κ2) is 6.91. The summed E-state index contributed by atoms with van der Waals surface area (Å²) in [4.78, 5) is 1.92. The van der Waals surface area contributed by atoms with Crippen LogP contribution in [0.4, 0.5) is 8.78 Å². The Morgan fingerprint density at radius 2 is 2.12 bits per heavy atom. The molecule has 0 saturated carbocycles. The Balaban J connectivity index is 2.14. The maximum atomic E-state index is 15.0. The van der Waals surface area contributed by atoms with Crippen LogP contribution in [0.1, 0.15) is 44.7 Å². The van der Waals surface area contributed by atoms with E-state index in [1.54, 1.807) is 12.1 Å². The van der Waals surface area contributed by atoms with Gasteiger partial charge in [0.1, 0.15) is 12.0 Å². The molecule has 4 heteroatoms. The van der Waals surface area contributed by atoms with Crippen molar-refractivity contribution < 1.29 is 8.78 Å². The number of hydrogen-bond donors (Lipinski definition) is 0. The summed E-state index contributed by atoms with van der Waals surface area (Å²) < 4.78 is 29.1. The number of benzene rings is 1. The third kappa shape index (κ3) is 3.45. The van der Waals surface area contributed by atoms with Gasteiger partial charge in [0, 0.05) is 36.1 Å². The molecular weight excluding hydrogens is 306 g/mol. The summed E-state index contributed by atoms with van der Waals surface area (Å²) in [5.74, 6) is 2.05. The zero-order valence-corrected chi connectivity index (χ0v) is 14.6. The van der Waals surface area contributed by atoms with Crippen molar-refractivity contribution in [2.24, 2.45) is 10.8 Å². The van der Waals surface area contributed by atoms with E-state index in [9.17, 15) is 4.39 Å². The molecule has 0 aliphatic carbocycles. The molecule has 0 bridgehead atoms. The average molecular weight is 330 g/mol. The molecule has 2 atom stereocenters.